The fourth-order valence-electron chi connectivity index (χ4n) is 3.38. The SMILES string of the molecule is CCCCCCCC/C=C\CCCCCCCC(=O)O.O=C1OC(=O)c2ccccc21.[Cu]. The molecule has 0 unspecified atom stereocenters. The number of carbonyl (C=O) groups excluding carboxylic acids is 2. The Morgan fingerprint density at radius 2 is 1.22 bits per heavy atom. The number of unbranched alkanes of at least 4 members (excludes halogenated alkanes) is 11. The zero-order valence-corrected chi connectivity index (χ0v) is 20.2. The molecule has 32 heavy (non-hydrogen) atoms. The molecule has 0 saturated heterocycles. The van der Waals surface area contributed by atoms with E-state index in [1.807, 2.05) is 0 Å². The maximum absolute atomic E-state index is 10.8. The fraction of sp³-hybridized carbons (Fsp3) is 0.577. The van der Waals surface area contributed by atoms with E-state index in [0.717, 1.165) is 12.8 Å². The number of hydrogen-bond acceptors (Lipinski definition) is 4. The van der Waals surface area contributed by atoms with Crippen molar-refractivity contribution >= 4 is 17.9 Å². The minimum absolute atomic E-state index is 0. The van der Waals surface area contributed by atoms with E-state index in [0.29, 0.717) is 17.5 Å². The predicted molar refractivity (Wildman–Crippen MR) is 123 cm³/mol. The molecule has 0 bridgehead atoms. The fourth-order valence-corrected chi connectivity index (χ4v) is 3.38. The normalized spacial score (nSPS) is 12.0. The first-order chi connectivity index (χ1) is 15.1. The summed E-state index contributed by atoms with van der Waals surface area (Å²) in [5.41, 5.74) is 0.718. The third kappa shape index (κ3) is 14.2. The number of aliphatic carboxylic acids is 1. The summed E-state index contributed by atoms with van der Waals surface area (Å²) in [6.07, 6.45) is 21.2. The number of rotatable bonds is 15. The van der Waals surface area contributed by atoms with E-state index in [1.165, 1.54) is 70.6 Å². The van der Waals surface area contributed by atoms with Crippen molar-refractivity contribution in [2.45, 2.75) is 96.8 Å². The van der Waals surface area contributed by atoms with Gasteiger partial charge in [-0.1, -0.05) is 82.6 Å². The Kier molecular flexibility index (Phi) is 18.6. The Labute approximate surface area is 203 Å². The van der Waals surface area contributed by atoms with E-state index in [-0.39, 0.29) is 17.1 Å². The van der Waals surface area contributed by atoms with Crippen molar-refractivity contribution in [1.82, 2.24) is 0 Å². The third-order valence-electron chi connectivity index (χ3n) is 5.20. The van der Waals surface area contributed by atoms with Crippen molar-refractivity contribution in [2.75, 3.05) is 0 Å². The van der Waals surface area contributed by atoms with Gasteiger partial charge in [0.05, 0.1) is 11.1 Å². The number of allylic oxidation sites excluding steroid dienone is 2. The van der Waals surface area contributed by atoms with Gasteiger partial charge in [0.2, 0.25) is 0 Å². The number of fused-ring (bicyclic) bond motifs is 1. The van der Waals surface area contributed by atoms with E-state index >= 15 is 0 Å². The molecule has 1 radical (unpaired) electrons. The van der Waals surface area contributed by atoms with E-state index in [4.69, 9.17) is 5.11 Å². The number of cyclic esters (lactones) is 2. The molecular weight excluding hydrogens is 456 g/mol. The first kappa shape index (κ1) is 30.1. The van der Waals surface area contributed by atoms with Crippen LogP contribution in [0.4, 0.5) is 0 Å². The summed E-state index contributed by atoms with van der Waals surface area (Å²) in [4.78, 5) is 32.0. The molecule has 1 aromatic rings. The van der Waals surface area contributed by atoms with Crippen molar-refractivity contribution in [3.8, 4) is 0 Å². The Morgan fingerprint density at radius 3 is 1.69 bits per heavy atom. The van der Waals surface area contributed by atoms with Gasteiger partial charge in [-0.2, -0.15) is 0 Å². The Bertz CT molecular complexity index is 666. The minimum Gasteiger partial charge on any atom is -0.481 e. The van der Waals surface area contributed by atoms with Gasteiger partial charge in [0, 0.05) is 23.5 Å². The maximum Gasteiger partial charge on any atom is 0.346 e. The standard InChI is InChI=1S/C18H34O2.C8H4O3.Cu/c1-2-3-4-5-6-7-8-9-10-11-12-13-14-15-16-17-18(19)20;9-7-5-3-1-2-4-6(5)8(10)11-7;/h9-10H,2-8,11-17H2,1H3,(H,19,20);1-4H;/b10-9-;;. The van der Waals surface area contributed by atoms with Crippen LogP contribution in [-0.2, 0) is 26.6 Å². The van der Waals surface area contributed by atoms with Crippen LogP contribution in [0.5, 0.6) is 0 Å². The van der Waals surface area contributed by atoms with Crippen LogP contribution in [0.3, 0.4) is 0 Å². The summed E-state index contributed by atoms with van der Waals surface area (Å²) >= 11 is 0. The van der Waals surface area contributed by atoms with Crippen LogP contribution in [0.15, 0.2) is 36.4 Å². The zero-order valence-electron chi connectivity index (χ0n) is 19.2. The number of esters is 2. The molecule has 1 aliphatic rings. The van der Waals surface area contributed by atoms with Crippen molar-refractivity contribution in [2.24, 2.45) is 0 Å². The van der Waals surface area contributed by atoms with Gasteiger partial charge in [0.25, 0.3) is 0 Å². The number of hydrogen-bond donors (Lipinski definition) is 1. The largest absolute Gasteiger partial charge is 0.481 e. The summed E-state index contributed by atoms with van der Waals surface area (Å²) in [5, 5.41) is 8.51. The smallest absolute Gasteiger partial charge is 0.346 e. The van der Waals surface area contributed by atoms with Crippen LogP contribution in [-0.4, -0.2) is 23.0 Å². The molecular formula is C26H38CuO5. The van der Waals surface area contributed by atoms with Gasteiger partial charge < -0.3 is 9.84 Å². The van der Waals surface area contributed by atoms with Gasteiger partial charge in [0.1, 0.15) is 0 Å². The summed E-state index contributed by atoms with van der Waals surface area (Å²) in [6.45, 7) is 2.26. The average Bonchev–Trinajstić information content (AvgIpc) is 3.05. The van der Waals surface area contributed by atoms with Crippen LogP contribution in [0.2, 0.25) is 0 Å². The molecule has 2 rings (SSSR count). The second-order valence-corrected chi connectivity index (χ2v) is 7.95. The Balaban J connectivity index is 0.000000668. The molecule has 0 fully saturated rings. The van der Waals surface area contributed by atoms with E-state index in [9.17, 15) is 14.4 Å². The number of carboxylic acids is 1. The van der Waals surface area contributed by atoms with Gasteiger partial charge >= 0.3 is 17.9 Å². The van der Waals surface area contributed by atoms with Crippen molar-refractivity contribution < 1.29 is 41.3 Å². The second kappa shape index (κ2) is 19.8. The quantitative estimate of drug-likeness (QED) is 0.0925. The molecule has 1 aliphatic heterocycles. The second-order valence-electron chi connectivity index (χ2n) is 7.95. The summed E-state index contributed by atoms with van der Waals surface area (Å²) in [7, 11) is 0. The van der Waals surface area contributed by atoms with Crippen LogP contribution >= 0.6 is 0 Å². The average molecular weight is 494 g/mol. The summed E-state index contributed by atoms with van der Waals surface area (Å²) in [6, 6.07) is 6.53. The number of benzene rings is 1. The first-order valence-electron chi connectivity index (χ1n) is 11.8. The van der Waals surface area contributed by atoms with Crippen LogP contribution in [0.25, 0.3) is 0 Å². The monoisotopic (exact) mass is 493 g/mol. The molecule has 0 saturated carbocycles. The van der Waals surface area contributed by atoms with E-state index < -0.39 is 17.9 Å². The topological polar surface area (TPSA) is 80.7 Å². The molecule has 183 valence electrons. The molecule has 0 atom stereocenters. The van der Waals surface area contributed by atoms with Gasteiger partial charge in [0.15, 0.2) is 0 Å². The molecule has 6 heteroatoms. The Morgan fingerprint density at radius 1 is 0.781 bits per heavy atom. The van der Waals surface area contributed by atoms with E-state index in [1.54, 1.807) is 24.3 Å². The number of carboxylic acid groups (broad SMARTS) is 1. The molecule has 1 N–H and O–H groups in total. The minimum atomic E-state index is -0.664. The summed E-state index contributed by atoms with van der Waals surface area (Å²) < 4.78 is 4.35. The third-order valence-corrected chi connectivity index (χ3v) is 5.20. The van der Waals surface area contributed by atoms with Crippen LogP contribution < -0.4 is 0 Å². The van der Waals surface area contributed by atoms with Gasteiger partial charge in [-0.25, -0.2) is 9.59 Å². The molecule has 0 spiro atoms. The predicted octanol–water partition coefficient (Wildman–Crippen LogP) is 7.10. The molecule has 1 heterocycles. The number of ether oxygens (including phenoxy) is 1. The molecule has 5 nitrogen and oxygen atoms in total. The first-order valence-corrected chi connectivity index (χ1v) is 11.8. The van der Waals surface area contributed by atoms with Crippen molar-refractivity contribution in [1.29, 1.82) is 0 Å². The molecule has 0 amide bonds. The maximum atomic E-state index is 10.8. The van der Waals surface area contributed by atoms with Crippen LogP contribution in [0.1, 0.15) is 118 Å². The number of carbonyl (C=O) groups is 3. The van der Waals surface area contributed by atoms with Crippen LogP contribution in [0, 0.1) is 0 Å². The van der Waals surface area contributed by atoms with Crippen molar-refractivity contribution in [3.05, 3.63) is 47.5 Å². The summed E-state index contributed by atoms with van der Waals surface area (Å²) in [5.74, 6) is -1.76. The van der Waals surface area contributed by atoms with E-state index in [2.05, 4.69) is 23.8 Å². The Hall–Kier alpha value is -1.91. The zero-order chi connectivity index (χ0) is 22.7. The van der Waals surface area contributed by atoms with Gasteiger partial charge in [-0.05, 0) is 44.2 Å². The van der Waals surface area contributed by atoms with Gasteiger partial charge in [-0.3, -0.25) is 4.79 Å². The van der Waals surface area contributed by atoms with Gasteiger partial charge in [-0.15, -0.1) is 0 Å². The van der Waals surface area contributed by atoms with Crippen molar-refractivity contribution in [3.63, 3.8) is 0 Å². The molecule has 1 aromatic carbocycles. The molecule has 0 aromatic heterocycles. The molecule has 0 aliphatic carbocycles.